The van der Waals surface area contributed by atoms with Crippen molar-refractivity contribution in [3.05, 3.63) is 0 Å². The molecule has 24 heavy (non-hydrogen) atoms. The molecule has 2 heterocycles. The zero-order valence-electron chi connectivity index (χ0n) is 15.0. The fraction of sp³-hybridized carbons (Fsp3) is 0.889. The van der Waals surface area contributed by atoms with Crippen molar-refractivity contribution in [1.82, 2.24) is 15.1 Å². The first-order valence-electron chi connectivity index (χ1n) is 9.47. The third-order valence-electron chi connectivity index (χ3n) is 6.24. The Morgan fingerprint density at radius 1 is 1.17 bits per heavy atom. The van der Waals surface area contributed by atoms with E-state index in [0.29, 0.717) is 6.54 Å². The second-order valence-corrected chi connectivity index (χ2v) is 8.10. The molecular weight excluding hydrogens is 306 g/mol. The van der Waals surface area contributed by atoms with Crippen LogP contribution in [0.15, 0.2) is 0 Å². The van der Waals surface area contributed by atoms with Crippen LogP contribution in [-0.4, -0.2) is 64.7 Å². The van der Waals surface area contributed by atoms with E-state index in [0.717, 1.165) is 57.5 Å². The van der Waals surface area contributed by atoms with Crippen LogP contribution in [0.5, 0.6) is 0 Å². The Balaban J connectivity index is 1.58. The van der Waals surface area contributed by atoms with Crippen LogP contribution in [-0.2, 0) is 4.79 Å². The van der Waals surface area contributed by atoms with Gasteiger partial charge in [-0.3, -0.25) is 9.69 Å². The Morgan fingerprint density at radius 3 is 2.54 bits per heavy atom. The van der Waals surface area contributed by atoms with Gasteiger partial charge in [-0.15, -0.1) is 0 Å². The summed E-state index contributed by atoms with van der Waals surface area (Å²) in [5, 5.41) is 13.3. The summed E-state index contributed by atoms with van der Waals surface area (Å²) in [4.78, 5) is 28.7. The predicted octanol–water partition coefficient (Wildman–Crippen LogP) is 1.58. The zero-order valence-corrected chi connectivity index (χ0v) is 15.0. The zero-order chi connectivity index (χ0) is 17.3. The van der Waals surface area contributed by atoms with Crippen LogP contribution in [0.25, 0.3) is 0 Å². The highest BCUT2D eigenvalue weighted by atomic mass is 16.3. The van der Waals surface area contributed by atoms with Gasteiger partial charge < -0.3 is 15.3 Å². The van der Waals surface area contributed by atoms with Gasteiger partial charge in [0.25, 0.3) is 5.91 Å². The molecule has 6 nitrogen and oxygen atoms in total. The molecule has 3 aliphatic rings. The van der Waals surface area contributed by atoms with Gasteiger partial charge in [-0.25, -0.2) is 4.79 Å². The lowest BCUT2D eigenvalue weighted by Gasteiger charge is -2.37. The number of nitrogens with one attached hydrogen (secondary N) is 1. The molecule has 136 valence electrons. The summed E-state index contributed by atoms with van der Waals surface area (Å²) >= 11 is 0. The molecule has 0 aromatic rings. The predicted molar refractivity (Wildman–Crippen MR) is 91.5 cm³/mol. The van der Waals surface area contributed by atoms with Gasteiger partial charge in [0.15, 0.2) is 0 Å². The minimum atomic E-state index is -0.727. The van der Waals surface area contributed by atoms with Crippen LogP contribution in [0, 0.1) is 11.8 Å². The van der Waals surface area contributed by atoms with Gasteiger partial charge in [0.1, 0.15) is 5.54 Å². The van der Waals surface area contributed by atoms with Gasteiger partial charge in [0.05, 0.1) is 12.6 Å². The minimum absolute atomic E-state index is 0.102. The molecule has 2 saturated heterocycles. The maximum Gasteiger partial charge on any atom is 0.325 e. The number of hydrogen-bond donors (Lipinski definition) is 2. The van der Waals surface area contributed by atoms with Crippen LogP contribution in [0.2, 0.25) is 0 Å². The van der Waals surface area contributed by atoms with Gasteiger partial charge in [-0.1, -0.05) is 26.7 Å². The standard InChI is InChI=1S/C18H31N3O3/c1-13-6-9-20(10-7-13)11-15(22)12-21-16(23)18(19-17(21)24)8-4-3-5-14(18)2/h13-15,22H,3-12H2,1-2H3,(H,19,24)/t14-,15+,18-/m1/s1. The van der Waals surface area contributed by atoms with Crippen molar-refractivity contribution in [2.45, 2.75) is 64.0 Å². The van der Waals surface area contributed by atoms with Crippen molar-refractivity contribution >= 4 is 11.9 Å². The topological polar surface area (TPSA) is 72.9 Å². The van der Waals surface area contributed by atoms with E-state index in [-0.39, 0.29) is 24.4 Å². The average Bonchev–Trinajstić information content (AvgIpc) is 2.78. The van der Waals surface area contributed by atoms with E-state index in [2.05, 4.69) is 17.1 Å². The van der Waals surface area contributed by atoms with Crippen LogP contribution >= 0.6 is 0 Å². The summed E-state index contributed by atoms with van der Waals surface area (Å²) in [6.07, 6.45) is 5.39. The lowest BCUT2D eigenvalue weighted by molar-refractivity contribution is -0.135. The van der Waals surface area contributed by atoms with Crippen molar-refractivity contribution < 1.29 is 14.7 Å². The number of aliphatic hydroxyl groups excluding tert-OH is 1. The summed E-state index contributed by atoms with van der Waals surface area (Å²) in [5.41, 5.74) is -0.727. The van der Waals surface area contributed by atoms with Crippen molar-refractivity contribution in [2.75, 3.05) is 26.2 Å². The molecule has 1 aliphatic carbocycles. The van der Waals surface area contributed by atoms with Crippen molar-refractivity contribution in [2.24, 2.45) is 11.8 Å². The summed E-state index contributed by atoms with van der Waals surface area (Å²) in [6, 6.07) is -0.333. The number of nitrogens with zero attached hydrogens (tertiary/aromatic N) is 2. The Labute approximate surface area is 144 Å². The molecule has 0 bridgehead atoms. The number of hydrogen-bond acceptors (Lipinski definition) is 4. The average molecular weight is 337 g/mol. The van der Waals surface area contributed by atoms with E-state index in [4.69, 9.17) is 0 Å². The van der Waals surface area contributed by atoms with Gasteiger partial charge >= 0.3 is 6.03 Å². The first-order chi connectivity index (χ1) is 11.4. The highest BCUT2D eigenvalue weighted by Crippen LogP contribution is 2.38. The summed E-state index contributed by atoms with van der Waals surface area (Å²) in [5.74, 6) is 0.774. The first-order valence-corrected chi connectivity index (χ1v) is 9.47. The highest BCUT2D eigenvalue weighted by Gasteiger charge is 2.55. The lowest BCUT2D eigenvalue weighted by atomic mass is 9.73. The van der Waals surface area contributed by atoms with Gasteiger partial charge in [0, 0.05) is 6.54 Å². The number of likely N-dealkylation sites (tertiary alicyclic amines) is 1. The number of urea groups is 1. The van der Waals surface area contributed by atoms with Crippen molar-refractivity contribution in [3.63, 3.8) is 0 Å². The van der Waals surface area contributed by atoms with Gasteiger partial charge in [-0.2, -0.15) is 0 Å². The molecule has 3 amide bonds. The van der Waals surface area contributed by atoms with Crippen molar-refractivity contribution in [3.8, 4) is 0 Å². The summed E-state index contributed by atoms with van der Waals surface area (Å²) in [6.45, 7) is 6.91. The van der Waals surface area contributed by atoms with E-state index < -0.39 is 11.6 Å². The Kier molecular flexibility index (Phi) is 5.16. The fourth-order valence-corrected chi connectivity index (χ4v) is 4.47. The van der Waals surface area contributed by atoms with E-state index in [1.807, 2.05) is 6.92 Å². The smallest absolute Gasteiger partial charge is 0.325 e. The second kappa shape index (κ2) is 7.00. The molecule has 0 aromatic carbocycles. The van der Waals surface area contributed by atoms with Crippen LogP contribution < -0.4 is 5.32 Å². The molecule has 3 rings (SSSR count). The molecule has 2 aliphatic heterocycles. The minimum Gasteiger partial charge on any atom is -0.390 e. The molecular formula is C18H31N3O3. The molecule has 0 radical (unpaired) electrons. The molecule has 0 aromatic heterocycles. The third-order valence-corrected chi connectivity index (χ3v) is 6.24. The molecule has 6 heteroatoms. The Bertz CT molecular complexity index is 490. The monoisotopic (exact) mass is 337 g/mol. The highest BCUT2D eigenvalue weighted by molar-refractivity contribution is 6.07. The third kappa shape index (κ3) is 3.31. The Hall–Kier alpha value is -1.14. The number of β-amino-alcohol motifs (C(OH)–C–C–N with tert-alkyl or cyclic N) is 1. The van der Waals surface area contributed by atoms with Crippen LogP contribution in [0.4, 0.5) is 4.79 Å². The molecule has 1 saturated carbocycles. The maximum absolute atomic E-state index is 12.9. The fourth-order valence-electron chi connectivity index (χ4n) is 4.47. The van der Waals surface area contributed by atoms with E-state index in [9.17, 15) is 14.7 Å². The normalized spacial score (nSPS) is 34.0. The largest absolute Gasteiger partial charge is 0.390 e. The SMILES string of the molecule is CC1CCN(C[C@H](O)CN2C(=O)N[C@@]3(CCCC[C@H]3C)C2=O)CC1. The van der Waals surface area contributed by atoms with E-state index in [1.54, 1.807) is 0 Å². The number of piperidine rings is 1. The number of rotatable bonds is 4. The van der Waals surface area contributed by atoms with E-state index in [1.165, 1.54) is 4.90 Å². The van der Waals surface area contributed by atoms with Crippen molar-refractivity contribution in [1.29, 1.82) is 0 Å². The molecule has 3 atom stereocenters. The number of imide groups is 1. The Morgan fingerprint density at radius 2 is 1.88 bits per heavy atom. The maximum atomic E-state index is 12.9. The summed E-state index contributed by atoms with van der Waals surface area (Å²) in [7, 11) is 0. The molecule has 3 fully saturated rings. The lowest BCUT2D eigenvalue weighted by Crippen LogP contribution is -2.54. The number of aliphatic hydroxyl groups is 1. The van der Waals surface area contributed by atoms with Crippen LogP contribution in [0.1, 0.15) is 52.4 Å². The van der Waals surface area contributed by atoms with E-state index >= 15 is 0 Å². The quantitative estimate of drug-likeness (QED) is 0.764. The molecule has 0 unspecified atom stereocenters. The molecule has 1 spiro atoms. The van der Waals surface area contributed by atoms with Crippen LogP contribution in [0.3, 0.4) is 0 Å². The molecule has 2 N–H and O–H groups in total. The first kappa shape index (κ1) is 17.7. The number of carbonyl (C=O) groups excluding carboxylic acids is 2. The summed E-state index contributed by atoms with van der Waals surface area (Å²) < 4.78 is 0. The second-order valence-electron chi connectivity index (χ2n) is 8.10. The van der Waals surface area contributed by atoms with Gasteiger partial charge in [-0.05, 0) is 50.6 Å². The number of carbonyl (C=O) groups is 2. The number of amides is 3. The van der Waals surface area contributed by atoms with Gasteiger partial charge in [0.2, 0.25) is 0 Å².